The van der Waals surface area contributed by atoms with Gasteiger partial charge in [-0.15, -0.1) is 11.8 Å². The van der Waals surface area contributed by atoms with Crippen LogP contribution in [-0.4, -0.2) is 63.7 Å². The number of fused-ring (bicyclic) bond motifs is 1. The molecule has 1 saturated carbocycles. The zero-order valence-electron chi connectivity index (χ0n) is 15.5. The first-order valence-corrected chi connectivity index (χ1v) is 9.80. The quantitative estimate of drug-likeness (QED) is 0.670. The van der Waals surface area contributed by atoms with Crippen molar-refractivity contribution in [3.63, 3.8) is 0 Å². The number of thioether (sulfide) groups is 1. The third kappa shape index (κ3) is 2.83. The average Bonchev–Trinajstić information content (AvgIpc) is 3.07. The summed E-state index contributed by atoms with van der Waals surface area (Å²) in [5, 5.41) is 21.8. The van der Waals surface area contributed by atoms with Crippen LogP contribution in [0.1, 0.15) is 39.5 Å². The summed E-state index contributed by atoms with van der Waals surface area (Å²) in [6, 6.07) is 0. The fourth-order valence-corrected chi connectivity index (χ4v) is 6.33. The number of β-lactam (4-membered cyclic amide) rings is 1. The second-order valence-electron chi connectivity index (χ2n) is 7.97. The van der Waals surface area contributed by atoms with Crippen molar-refractivity contribution in [2.45, 2.75) is 56.4 Å². The van der Waals surface area contributed by atoms with Crippen LogP contribution in [0.25, 0.3) is 0 Å². The largest absolute Gasteiger partial charge is 0.543 e. The van der Waals surface area contributed by atoms with Gasteiger partial charge in [0.25, 0.3) is 0 Å². The molecule has 2 amide bonds. The Morgan fingerprint density at radius 1 is 1.38 bits per heavy atom. The monoisotopic (exact) mass is 381 g/mol. The van der Waals surface area contributed by atoms with Gasteiger partial charge in [0.2, 0.25) is 11.8 Å². The van der Waals surface area contributed by atoms with Crippen LogP contribution in [0.2, 0.25) is 0 Å². The molecule has 7 nitrogen and oxygen atoms in total. The molecule has 0 spiro atoms. The highest BCUT2D eigenvalue weighted by Crippen LogP contribution is 2.56. The van der Waals surface area contributed by atoms with Gasteiger partial charge in [0.1, 0.15) is 0 Å². The normalized spacial score (nSPS) is 34.6. The molecule has 2 heterocycles. The minimum Gasteiger partial charge on any atom is -0.543 e. The molecule has 0 aromatic rings. The molecule has 3 rings (SSSR count). The number of carboxylic acid groups (broad SMARTS) is 1. The smallest absolute Gasteiger partial charge is 0.235 e. The number of hydrogen-bond acceptors (Lipinski definition) is 6. The van der Waals surface area contributed by atoms with Gasteiger partial charge in [-0.25, -0.2) is 0 Å². The Bertz CT molecular complexity index is 689. The first-order chi connectivity index (χ1) is 12.1. The zero-order valence-corrected chi connectivity index (χ0v) is 16.3. The summed E-state index contributed by atoms with van der Waals surface area (Å²) in [5.74, 6) is -2.23. The lowest BCUT2D eigenvalue weighted by Crippen LogP contribution is -2.70. The molecule has 3 aliphatic rings. The molecule has 0 bridgehead atoms. The minimum absolute atomic E-state index is 0.0321. The van der Waals surface area contributed by atoms with E-state index >= 15 is 0 Å². The summed E-state index contributed by atoms with van der Waals surface area (Å²) in [6.07, 6.45) is 1.91. The van der Waals surface area contributed by atoms with Crippen LogP contribution in [0, 0.1) is 11.8 Å². The molecule has 1 aliphatic carbocycles. The fraction of sp³-hybridized carbons (Fsp3) is 0.722. The highest BCUT2D eigenvalue weighted by atomic mass is 32.2. The van der Waals surface area contributed by atoms with Crippen LogP contribution in [0.5, 0.6) is 0 Å². The maximum atomic E-state index is 12.4. The van der Waals surface area contributed by atoms with Crippen molar-refractivity contribution in [2.75, 3.05) is 14.1 Å². The van der Waals surface area contributed by atoms with Crippen LogP contribution in [0.3, 0.4) is 0 Å². The second kappa shape index (κ2) is 6.56. The maximum absolute atomic E-state index is 12.4. The number of amides is 2. The molecule has 2 aliphatic heterocycles. The van der Waals surface area contributed by atoms with Crippen molar-refractivity contribution in [3.05, 3.63) is 10.6 Å². The summed E-state index contributed by atoms with van der Waals surface area (Å²) in [4.78, 5) is 39.8. The van der Waals surface area contributed by atoms with Gasteiger partial charge in [0.15, 0.2) is 0 Å². The van der Waals surface area contributed by atoms with Gasteiger partial charge in [0.05, 0.1) is 29.2 Å². The highest BCUT2D eigenvalue weighted by molar-refractivity contribution is 8.03. The van der Waals surface area contributed by atoms with Gasteiger partial charge in [0, 0.05) is 36.6 Å². The minimum atomic E-state index is -1.35. The van der Waals surface area contributed by atoms with E-state index in [1.165, 1.54) is 16.7 Å². The number of carbonyl (C=O) groups is 3. The number of rotatable bonds is 5. The van der Waals surface area contributed by atoms with Crippen molar-refractivity contribution in [3.8, 4) is 0 Å². The topological polar surface area (TPSA) is 101 Å². The Balaban J connectivity index is 1.77. The first-order valence-electron chi connectivity index (χ1n) is 8.92. The number of aliphatic hydroxyl groups is 1. The molecule has 0 unspecified atom stereocenters. The molecule has 2 fully saturated rings. The van der Waals surface area contributed by atoms with E-state index in [-0.39, 0.29) is 28.7 Å². The van der Waals surface area contributed by atoms with Crippen molar-refractivity contribution >= 4 is 29.5 Å². The Hall–Kier alpha value is -1.54. The van der Waals surface area contributed by atoms with Crippen molar-refractivity contribution in [2.24, 2.45) is 11.8 Å². The molecule has 1 N–H and O–H groups in total. The summed E-state index contributed by atoms with van der Waals surface area (Å²) >= 11 is 1.46. The van der Waals surface area contributed by atoms with Crippen LogP contribution < -0.4 is 5.11 Å². The summed E-state index contributed by atoms with van der Waals surface area (Å²) in [6.45, 7) is 3.37. The number of aliphatic carboxylic acids is 1. The molecule has 26 heavy (non-hydrogen) atoms. The van der Waals surface area contributed by atoms with E-state index in [0.29, 0.717) is 17.7 Å². The molecule has 0 aromatic heterocycles. The lowest BCUT2D eigenvalue weighted by Gasteiger charge is -2.54. The second-order valence-corrected chi connectivity index (χ2v) is 9.36. The van der Waals surface area contributed by atoms with E-state index in [2.05, 4.69) is 0 Å². The van der Waals surface area contributed by atoms with E-state index in [1.807, 2.05) is 6.92 Å². The molecular weight excluding hydrogens is 356 g/mol. The predicted molar refractivity (Wildman–Crippen MR) is 94.5 cm³/mol. The van der Waals surface area contributed by atoms with Gasteiger partial charge in [-0.2, -0.15) is 0 Å². The first kappa shape index (κ1) is 19.2. The number of hydrogen-bond donors (Lipinski definition) is 1. The van der Waals surface area contributed by atoms with Crippen molar-refractivity contribution in [1.82, 2.24) is 9.80 Å². The third-order valence-corrected chi connectivity index (χ3v) is 7.22. The van der Waals surface area contributed by atoms with E-state index in [1.54, 1.807) is 25.9 Å². The highest BCUT2D eigenvalue weighted by Gasteiger charge is 2.63. The number of nitrogens with zero attached hydrogens (tertiary/aromatic N) is 2. The SMILES string of the molecule is C[C@@H](O)[C@H]1C(=O)N2C(C(=O)[O-])=C(S[C@@H]3CC[C@H](C(=O)N(C)C)C3)C[C@]12C. The van der Waals surface area contributed by atoms with Crippen LogP contribution in [0.15, 0.2) is 10.6 Å². The Labute approximate surface area is 157 Å². The Kier molecular flexibility index (Phi) is 4.85. The van der Waals surface area contributed by atoms with Crippen LogP contribution >= 0.6 is 11.8 Å². The predicted octanol–water partition coefficient (Wildman–Crippen LogP) is -0.0604. The third-order valence-electron chi connectivity index (χ3n) is 5.83. The molecule has 0 radical (unpaired) electrons. The van der Waals surface area contributed by atoms with Gasteiger partial charge in [-0.05, 0) is 33.1 Å². The fourth-order valence-electron chi connectivity index (χ4n) is 4.68. The van der Waals surface area contributed by atoms with Crippen molar-refractivity contribution < 1.29 is 24.6 Å². The lowest BCUT2D eigenvalue weighted by atomic mass is 9.71. The molecule has 5 atom stereocenters. The average molecular weight is 381 g/mol. The van der Waals surface area contributed by atoms with Gasteiger partial charge in [-0.1, -0.05) is 0 Å². The van der Waals surface area contributed by atoms with E-state index in [4.69, 9.17) is 0 Å². The van der Waals surface area contributed by atoms with E-state index in [0.717, 1.165) is 12.8 Å². The van der Waals surface area contributed by atoms with Crippen LogP contribution in [-0.2, 0) is 14.4 Å². The standard InChI is InChI=1S/C18H26N2O5S/c1-9(21)13-16(23)20-14(17(24)25)12(8-18(13,20)2)26-11-6-5-10(7-11)15(22)19(3)4/h9-11,13,21H,5-8H2,1-4H3,(H,24,25)/p-1/t9-,10+,11-,13+,18-/m1/s1. The molecule has 144 valence electrons. The van der Waals surface area contributed by atoms with Gasteiger partial charge in [-0.3, -0.25) is 9.59 Å². The molecule has 8 heteroatoms. The Morgan fingerprint density at radius 2 is 2.04 bits per heavy atom. The summed E-state index contributed by atoms with van der Waals surface area (Å²) in [7, 11) is 3.48. The number of carbonyl (C=O) groups excluding carboxylic acids is 3. The molecule has 1 saturated heterocycles. The summed E-state index contributed by atoms with van der Waals surface area (Å²) < 4.78 is 0. The molecular formula is C18H25N2O5S-. The van der Waals surface area contributed by atoms with Gasteiger partial charge < -0.3 is 24.8 Å². The number of aliphatic hydroxyl groups excluding tert-OH is 1. The number of carboxylic acids is 1. The maximum Gasteiger partial charge on any atom is 0.235 e. The zero-order chi connectivity index (χ0) is 19.4. The van der Waals surface area contributed by atoms with E-state index < -0.39 is 23.5 Å². The Morgan fingerprint density at radius 3 is 2.58 bits per heavy atom. The molecule has 0 aromatic carbocycles. The van der Waals surface area contributed by atoms with Crippen molar-refractivity contribution in [1.29, 1.82) is 0 Å². The van der Waals surface area contributed by atoms with Crippen LogP contribution in [0.4, 0.5) is 0 Å². The van der Waals surface area contributed by atoms with E-state index in [9.17, 15) is 24.6 Å². The van der Waals surface area contributed by atoms with Gasteiger partial charge >= 0.3 is 0 Å². The summed E-state index contributed by atoms with van der Waals surface area (Å²) in [5.41, 5.74) is -0.762. The lowest BCUT2D eigenvalue weighted by molar-refractivity contribution is -0.302.